The Balaban J connectivity index is 1.61. The first-order chi connectivity index (χ1) is 10.7. The molecule has 2 aliphatic rings. The molecule has 0 saturated heterocycles. The summed E-state index contributed by atoms with van der Waals surface area (Å²) in [6, 6.07) is 1.60. The highest BCUT2D eigenvalue weighted by atomic mass is 19.1. The van der Waals surface area contributed by atoms with E-state index in [4.69, 9.17) is 5.26 Å². The lowest BCUT2D eigenvalue weighted by Crippen LogP contribution is -2.17. The van der Waals surface area contributed by atoms with Gasteiger partial charge in [0.1, 0.15) is 6.07 Å². The van der Waals surface area contributed by atoms with Gasteiger partial charge in [-0.3, -0.25) is 0 Å². The smallest absolute Gasteiger partial charge is 0.195 e. The van der Waals surface area contributed by atoms with Crippen molar-refractivity contribution in [3.05, 3.63) is 11.9 Å². The van der Waals surface area contributed by atoms with Gasteiger partial charge in [0.2, 0.25) is 0 Å². The van der Waals surface area contributed by atoms with Crippen LogP contribution >= 0.6 is 0 Å². The van der Waals surface area contributed by atoms with Crippen molar-refractivity contribution in [3.63, 3.8) is 0 Å². The van der Waals surface area contributed by atoms with E-state index in [1.54, 1.807) is 12.1 Å². The van der Waals surface area contributed by atoms with Crippen molar-refractivity contribution in [2.24, 2.45) is 23.7 Å². The molecule has 0 aromatic heterocycles. The van der Waals surface area contributed by atoms with Gasteiger partial charge in [-0.25, -0.2) is 0 Å². The molecule has 2 heteroatoms. The molecule has 0 amide bonds. The number of allylic oxidation sites excluding steroid dienone is 2. The Morgan fingerprint density at radius 1 is 0.909 bits per heavy atom. The second-order valence-corrected chi connectivity index (χ2v) is 7.66. The normalized spacial score (nSPS) is 33.4. The monoisotopic (exact) mass is 305 g/mol. The maximum atomic E-state index is 13.0. The second kappa shape index (κ2) is 9.33. The van der Waals surface area contributed by atoms with Gasteiger partial charge in [-0.1, -0.05) is 58.3 Å². The SMILES string of the molecule is CCC[C@H]1CC[C@H](CC[C@H]2CC[C@H](C=C(F)C#N)CC2)CC1. The van der Waals surface area contributed by atoms with Gasteiger partial charge in [-0.05, 0) is 55.4 Å². The zero-order valence-corrected chi connectivity index (χ0v) is 14.2. The van der Waals surface area contributed by atoms with Crippen molar-refractivity contribution in [3.8, 4) is 6.07 Å². The van der Waals surface area contributed by atoms with Crippen molar-refractivity contribution >= 4 is 0 Å². The van der Waals surface area contributed by atoms with Gasteiger partial charge < -0.3 is 0 Å². The number of nitrogens with zero attached hydrogens (tertiary/aromatic N) is 1. The minimum Gasteiger partial charge on any atom is -0.195 e. The van der Waals surface area contributed by atoms with E-state index in [1.165, 1.54) is 64.2 Å². The molecular weight excluding hydrogens is 273 g/mol. The van der Waals surface area contributed by atoms with Crippen LogP contribution in [-0.4, -0.2) is 0 Å². The Morgan fingerprint density at radius 3 is 1.82 bits per heavy atom. The summed E-state index contributed by atoms with van der Waals surface area (Å²) in [4.78, 5) is 0. The van der Waals surface area contributed by atoms with E-state index in [0.717, 1.165) is 30.6 Å². The van der Waals surface area contributed by atoms with Gasteiger partial charge in [0.25, 0.3) is 0 Å². The molecule has 0 atom stereocenters. The summed E-state index contributed by atoms with van der Waals surface area (Å²) in [7, 11) is 0. The number of rotatable bonds is 6. The highest BCUT2D eigenvalue weighted by molar-refractivity contribution is 5.13. The standard InChI is InChI=1S/C20H32FN/c1-2-3-16-4-6-17(7-5-16)8-9-18-10-12-19(13-11-18)14-20(21)15-22/h14,16-19H,2-13H2,1H3/t16-,17-,18-,19-. The molecule has 0 unspecified atom stereocenters. The third kappa shape index (κ3) is 5.75. The van der Waals surface area contributed by atoms with Crippen LogP contribution in [0, 0.1) is 35.0 Å². The summed E-state index contributed by atoms with van der Waals surface area (Å²) in [5.74, 6) is 2.55. The second-order valence-electron chi connectivity index (χ2n) is 7.66. The zero-order valence-electron chi connectivity index (χ0n) is 14.2. The van der Waals surface area contributed by atoms with E-state index >= 15 is 0 Å². The van der Waals surface area contributed by atoms with Gasteiger partial charge in [0.05, 0.1) is 0 Å². The number of hydrogen-bond acceptors (Lipinski definition) is 1. The van der Waals surface area contributed by atoms with Gasteiger partial charge in [-0.15, -0.1) is 0 Å². The fourth-order valence-corrected chi connectivity index (χ4v) is 4.58. The van der Waals surface area contributed by atoms with Crippen LogP contribution in [0.15, 0.2) is 11.9 Å². The van der Waals surface area contributed by atoms with Crippen molar-refractivity contribution in [1.82, 2.24) is 0 Å². The molecule has 0 aromatic carbocycles. The van der Waals surface area contributed by atoms with E-state index < -0.39 is 5.83 Å². The predicted octanol–water partition coefficient (Wildman–Crippen LogP) is 6.56. The first-order valence-corrected chi connectivity index (χ1v) is 9.48. The summed E-state index contributed by atoms with van der Waals surface area (Å²) in [6.45, 7) is 2.31. The van der Waals surface area contributed by atoms with Crippen LogP contribution in [0.2, 0.25) is 0 Å². The van der Waals surface area contributed by atoms with Crippen LogP contribution < -0.4 is 0 Å². The van der Waals surface area contributed by atoms with E-state index in [2.05, 4.69) is 6.92 Å². The Bertz CT molecular complexity index is 379. The van der Waals surface area contributed by atoms with E-state index in [0.29, 0.717) is 5.92 Å². The quantitative estimate of drug-likeness (QED) is 0.510. The molecule has 0 radical (unpaired) electrons. The van der Waals surface area contributed by atoms with Gasteiger partial charge >= 0.3 is 0 Å². The maximum absolute atomic E-state index is 13.0. The number of hydrogen-bond donors (Lipinski definition) is 0. The third-order valence-corrected chi connectivity index (χ3v) is 6.03. The van der Waals surface area contributed by atoms with Crippen LogP contribution in [0.25, 0.3) is 0 Å². The zero-order chi connectivity index (χ0) is 15.8. The molecule has 2 fully saturated rings. The average molecular weight is 305 g/mol. The molecule has 2 rings (SSSR count). The fourth-order valence-electron chi connectivity index (χ4n) is 4.58. The van der Waals surface area contributed by atoms with Crippen molar-refractivity contribution in [2.75, 3.05) is 0 Å². The number of halogens is 1. The Labute approximate surface area is 136 Å². The summed E-state index contributed by atoms with van der Waals surface area (Å²) in [5.41, 5.74) is 0. The predicted molar refractivity (Wildman–Crippen MR) is 89.8 cm³/mol. The van der Waals surface area contributed by atoms with Crippen LogP contribution in [0.3, 0.4) is 0 Å². The van der Waals surface area contributed by atoms with Crippen LogP contribution in [0.4, 0.5) is 4.39 Å². The van der Waals surface area contributed by atoms with Gasteiger partial charge in [0.15, 0.2) is 5.83 Å². The van der Waals surface area contributed by atoms with E-state index in [9.17, 15) is 4.39 Å². The lowest BCUT2D eigenvalue weighted by Gasteiger charge is -2.31. The maximum Gasteiger partial charge on any atom is 0.196 e. The highest BCUT2D eigenvalue weighted by Crippen LogP contribution is 2.37. The van der Waals surface area contributed by atoms with Crippen LogP contribution in [-0.2, 0) is 0 Å². The molecule has 0 aromatic rings. The first-order valence-electron chi connectivity index (χ1n) is 9.48. The molecule has 2 aliphatic carbocycles. The van der Waals surface area contributed by atoms with Crippen LogP contribution in [0.1, 0.15) is 84.0 Å². The summed E-state index contributed by atoms with van der Waals surface area (Å²) in [6.07, 6.45) is 17.5. The Kier molecular flexibility index (Phi) is 7.43. The lowest BCUT2D eigenvalue weighted by molar-refractivity contribution is 0.221. The molecule has 2 saturated carbocycles. The van der Waals surface area contributed by atoms with Gasteiger partial charge in [-0.2, -0.15) is 9.65 Å². The average Bonchev–Trinajstić information content (AvgIpc) is 2.56. The minimum absolute atomic E-state index is 0.306. The molecule has 1 nitrogen and oxygen atoms in total. The summed E-state index contributed by atoms with van der Waals surface area (Å²) >= 11 is 0. The fraction of sp³-hybridized carbons (Fsp3) is 0.850. The Morgan fingerprint density at radius 2 is 1.36 bits per heavy atom. The molecule has 0 heterocycles. The Hall–Kier alpha value is -0.840. The molecular formula is C20H32FN. The summed E-state index contributed by atoms with van der Waals surface area (Å²) < 4.78 is 13.0. The molecule has 0 bridgehead atoms. The minimum atomic E-state index is -0.590. The lowest BCUT2D eigenvalue weighted by atomic mass is 9.75. The van der Waals surface area contributed by atoms with Crippen molar-refractivity contribution in [2.45, 2.75) is 84.0 Å². The van der Waals surface area contributed by atoms with Crippen molar-refractivity contribution < 1.29 is 4.39 Å². The molecule has 0 N–H and O–H groups in total. The van der Waals surface area contributed by atoms with Crippen LogP contribution in [0.5, 0.6) is 0 Å². The van der Waals surface area contributed by atoms with Crippen molar-refractivity contribution in [1.29, 1.82) is 5.26 Å². The third-order valence-electron chi connectivity index (χ3n) is 6.03. The number of nitriles is 1. The topological polar surface area (TPSA) is 23.8 Å². The highest BCUT2D eigenvalue weighted by Gasteiger charge is 2.24. The van der Waals surface area contributed by atoms with E-state index in [1.807, 2.05) is 0 Å². The van der Waals surface area contributed by atoms with Gasteiger partial charge in [0, 0.05) is 0 Å². The molecule has 124 valence electrons. The molecule has 0 aliphatic heterocycles. The largest absolute Gasteiger partial charge is 0.196 e. The molecule has 0 spiro atoms. The van der Waals surface area contributed by atoms with E-state index in [-0.39, 0.29) is 0 Å². The summed E-state index contributed by atoms with van der Waals surface area (Å²) in [5, 5.41) is 8.50. The molecule has 22 heavy (non-hydrogen) atoms. The first kappa shape index (κ1) is 17.5.